The summed E-state index contributed by atoms with van der Waals surface area (Å²) in [5.74, 6) is 0.506. The van der Waals surface area contributed by atoms with Crippen LogP contribution in [0.1, 0.15) is 54.0 Å². The summed E-state index contributed by atoms with van der Waals surface area (Å²) in [6, 6.07) is 2.70. The van der Waals surface area contributed by atoms with E-state index < -0.39 is 85.7 Å². The van der Waals surface area contributed by atoms with Gasteiger partial charge in [-0.3, -0.25) is 36.6 Å². The Labute approximate surface area is 326 Å². The zero-order valence-corrected chi connectivity index (χ0v) is 36.6. The lowest BCUT2D eigenvalue weighted by Gasteiger charge is -2.40. The van der Waals surface area contributed by atoms with Crippen molar-refractivity contribution in [3.8, 4) is 0 Å². The molecule has 4 aromatic heterocycles. The van der Waals surface area contributed by atoms with E-state index in [0.29, 0.717) is 0 Å². The Morgan fingerprint density at radius 2 is 1.24 bits per heavy atom. The second-order valence-corrected chi connectivity index (χ2v) is 29.5. The molecular formula is C34H53N6O11PSSi2. The minimum absolute atomic E-state index is 0.223. The van der Waals surface area contributed by atoms with E-state index in [2.05, 4.69) is 76.9 Å². The molecule has 0 amide bonds. The van der Waals surface area contributed by atoms with Crippen LogP contribution in [0, 0.1) is 0 Å². The van der Waals surface area contributed by atoms with Gasteiger partial charge in [0.05, 0.1) is 13.2 Å². The van der Waals surface area contributed by atoms with Crippen molar-refractivity contribution in [1.82, 2.24) is 27.9 Å². The average Bonchev–Trinajstić information content (AvgIpc) is 3.88. The number of fused-ring (bicyclic) bond motifs is 2. The molecule has 0 aliphatic carbocycles. The van der Waals surface area contributed by atoms with Crippen LogP contribution in [0.4, 0.5) is 0 Å². The molecule has 2 fully saturated rings. The highest BCUT2D eigenvalue weighted by Crippen LogP contribution is 2.58. The second kappa shape index (κ2) is 15.0. The molecule has 2 aliphatic rings. The molecule has 3 unspecified atom stereocenters. The molecule has 2 saturated heterocycles. The van der Waals surface area contributed by atoms with E-state index >= 15 is 0 Å². The molecule has 0 saturated carbocycles. The molecule has 0 radical (unpaired) electrons. The fourth-order valence-electron chi connectivity index (χ4n) is 6.22. The summed E-state index contributed by atoms with van der Waals surface area (Å²) in [6.07, 6.45) is 0.682. The Bertz CT molecular complexity index is 2180. The fraction of sp³-hybridized carbons (Fsp3) is 0.647. The molecule has 0 bridgehead atoms. The van der Waals surface area contributed by atoms with Gasteiger partial charge in [0.2, 0.25) is 11.6 Å². The molecule has 0 aromatic carbocycles. The van der Waals surface area contributed by atoms with Crippen LogP contribution in [-0.4, -0.2) is 105 Å². The van der Waals surface area contributed by atoms with Crippen LogP contribution in [0.25, 0.3) is 11.6 Å². The van der Waals surface area contributed by atoms with Gasteiger partial charge in [-0.25, -0.2) is 14.5 Å². The summed E-state index contributed by atoms with van der Waals surface area (Å²) in [4.78, 5) is 33.9. The van der Waals surface area contributed by atoms with Gasteiger partial charge in [-0.2, -0.15) is 0 Å². The van der Waals surface area contributed by atoms with Gasteiger partial charge in [0.1, 0.15) is 36.6 Å². The van der Waals surface area contributed by atoms with E-state index in [1.54, 1.807) is 9.13 Å². The van der Waals surface area contributed by atoms with Crippen LogP contribution >= 0.6 is 19.0 Å². The summed E-state index contributed by atoms with van der Waals surface area (Å²) >= 11 is 4.39. The minimum Gasteiger partial charge on any atom is -0.408 e. The molecule has 2 aliphatic heterocycles. The number of hydrogen-bond acceptors (Lipinski definition) is 13. The predicted molar refractivity (Wildman–Crippen MR) is 211 cm³/mol. The summed E-state index contributed by atoms with van der Waals surface area (Å²) in [5, 5.41) is 21.9. The Kier molecular flexibility index (Phi) is 11.5. The molecule has 6 rings (SSSR count). The Morgan fingerprint density at radius 3 is 1.71 bits per heavy atom. The van der Waals surface area contributed by atoms with Gasteiger partial charge >= 0.3 is 6.80 Å². The molecule has 4 aromatic rings. The van der Waals surface area contributed by atoms with E-state index in [1.807, 2.05) is 13.1 Å². The van der Waals surface area contributed by atoms with E-state index in [4.69, 9.17) is 27.4 Å². The average molecular weight is 841 g/mol. The Morgan fingerprint density at radius 1 is 0.782 bits per heavy atom. The van der Waals surface area contributed by atoms with Crippen LogP contribution in [0.5, 0.6) is 0 Å². The van der Waals surface area contributed by atoms with E-state index in [1.165, 1.54) is 58.1 Å². The monoisotopic (exact) mass is 840 g/mol. The standard InChI is InChI=1S/C34H53N6O11PSSi2/c1-33(2,3)54(7,8)50-26-21(19-41)47-30(40-16-12-24(43)38-18-14-36-32(38)40)28(26)49-52(45,53)46-20-22-25(44)27(51-55(9,10)34(4,5)6)29(48-22)39-15-11-23(42)37-17-13-35-31(37)39/h11-18,21-22,25-30,41,44H,19-20H2,1-10H3,(H,45,53)/t21-,22-,25-,26?,27?,28-,29-,30-,52?/m1/s1. The smallest absolute Gasteiger partial charge is 0.386 e. The van der Waals surface area contributed by atoms with Crippen LogP contribution in [0.2, 0.25) is 36.3 Å². The van der Waals surface area contributed by atoms with E-state index in [-0.39, 0.29) is 32.8 Å². The number of ether oxygens (including phenoxy) is 2. The third kappa shape index (κ3) is 8.15. The van der Waals surface area contributed by atoms with Crippen molar-refractivity contribution in [1.29, 1.82) is 0 Å². The first-order valence-corrected chi connectivity index (χ1v) is 26.7. The molecule has 55 heavy (non-hydrogen) atoms. The largest absolute Gasteiger partial charge is 0.408 e. The number of hydrogen-bond donors (Lipinski definition) is 3. The Balaban J connectivity index is 1.30. The van der Waals surface area contributed by atoms with Crippen molar-refractivity contribution in [3.63, 3.8) is 0 Å². The summed E-state index contributed by atoms with van der Waals surface area (Å²) in [5.41, 5.74) is -0.614. The number of imidazole rings is 2. The van der Waals surface area contributed by atoms with Gasteiger partial charge in [-0.1, -0.05) is 53.8 Å². The lowest BCUT2D eigenvalue weighted by Crippen LogP contribution is -2.50. The van der Waals surface area contributed by atoms with Crippen LogP contribution in [-0.2, 0) is 31.9 Å². The van der Waals surface area contributed by atoms with Gasteiger partial charge in [-0.05, 0) is 36.3 Å². The number of aliphatic hydroxyl groups is 2. The summed E-state index contributed by atoms with van der Waals surface area (Å²) in [7, 11) is -5.10. The molecule has 6 heterocycles. The first-order valence-electron chi connectivity index (χ1n) is 18.2. The van der Waals surface area contributed by atoms with E-state index in [0.717, 1.165) is 0 Å². The van der Waals surface area contributed by atoms with Crippen molar-refractivity contribution in [3.05, 3.63) is 70.0 Å². The second-order valence-electron chi connectivity index (χ2n) is 17.1. The molecule has 17 nitrogen and oxygen atoms in total. The topological polar surface area (TPSA) is 192 Å². The van der Waals surface area contributed by atoms with Gasteiger partial charge in [0.25, 0.3) is 11.1 Å². The predicted octanol–water partition coefficient (Wildman–Crippen LogP) is 4.37. The highest BCUT2D eigenvalue weighted by atomic mass is 32.7. The maximum atomic E-state index is 14.3. The maximum absolute atomic E-state index is 14.3. The first-order chi connectivity index (χ1) is 25.5. The third-order valence-corrected chi connectivity index (χ3v) is 22.0. The van der Waals surface area contributed by atoms with Gasteiger partial charge in [-0.15, -0.1) is 0 Å². The zero-order valence-electron chi connectivity index (χ0n) is 32.8. The van der Waals surface area contributed by atoms with Crippen molar-refractivity contribution >= 4 is 47.2 Å². The van der Waals surface area contributed by atoms with Gasteiger partial charge in [0, 0.05) is 49.3 Å². The highest BCUT2D eigenvalue weighted by Gasteiger charge is 2.55. The lowest BCUT2D eigenvalue weighted by atomic mass is 10.1. The minimum atomic E-state index is -4.35. The van der Waals surface area contributed by atoms with Gasteiger partial charge < -0.3 is 28.5 Å². The SMILES string of the molecule is CC(C)(C)[Si](C)(C)OC1[C@@H](OP(=O)(S)OC[C@H]2O[C@@H](n3ccc(=O)n4ccnc34)C(O[Si](C)(C)C(C)(C)C)[C@@H]2O)[C@H](n2ccc(=O)n3ccnc23)O[C@@H]1CO. The van der Waals surface area contributed by atoms with Crippen molar-refractivity contribution in [2.24, 2.45) is 0 Å². The molecular weight excluding hydrogens is 788 g/mol. The quantitative estimate of drug-likeness (QED) is 0.104. The highest BCUT2D eigenvalue weighted by molar-refractivity contribution is 8.44. The van der Waals surface area contributed by atoms with Crippen molar-refractivity contribution < 1.29 is 42.2 Å². The number of aliphatic hydroxyl groups excluding tert-OH is 2. The number of thiol groups is 1. The number of rotatable bonds is 12. The Hall–Kier alpha value is -2.47. The van der Waals surface area contributed by atoms with E-state index in [9.17, 15) is 24.4 Å². The molecule has 21 heteroatoms. The molecule has 0 spiro atoms. The third-order valence-electron chi connectivity index (χ3n) is 11.4. The molecule has 304 valence electrons. The maximum Gasteiger partial charge on any atom is 0.386 e. The van der Waals surface area contributed by atoms with Crippen LogP contribution in [0.15, 0.2) is 58.9 Å². The summed E-state index contributed by atoms with van der Waals surface area (Å²) in [6.45, 7) is 15.3. The summed E-state index contributed by atoms with van der Waals surface area (Å²) < 4.78 is 58.6. The number of nitrogens with zero attached hydrogens (tertiary/aromatic N) is 6. The fourth-order valence-corrected chi connectivity index (χ4v) is 10.3. The van der Waals surface area contributed by atoms with Crippen LogP contribution in [0.3, 0.4) is 0 Å². The normalized spacial score (nSPS) is 28.0. The van der Waals surface area contributed by atoms with Crippen molar-refractivity contribution in [2.75, 3.05) is 13.2 Å². The molecule has 2 N–H and O–H groups in total. The lowest BCUT2D eigenvalue weighted by molar-refractivity contribution is -0.0550. The zero-order chi connectivity index (χ0) is 40.5. The molecule has 9 atom stereocenters. The van der Waals surface area contributed by atoms with Gasteiger partial charge in [0.15, 0.2) is 29.1 Å². The first kappa shape index (κ1) is 42.1. The van der Waals surface area contributed by atoms with Crippen LogP contribution < -0.4 is 11.1 Å². The number of aromatic nitrogens is 6. The van der Waals surface area contributed by atoms with Crippen molar-refractivity contribution in [2.45, 2.75) is 127 Å².